The zero-order valence-corrected chi connectivity index (χ0v) is 10.2. The highest BCUT2D eigenvalue weighted by Crippen LogP contribution is 2.14. The van der Waals surface area contributed by atoms with Crippen LogP contribution in [0.4, 0.5) is 5.69 Å². The minimum absolute atomic E-state index is 0.432. The van der Waals surface area contributed by atoms with Gasteiger partial charge in [0.25, 0.3) is 0 Å². The Hall–Kier alpha value is -0.0100. The highest BCUT2D eigenvalue weighted by Gasteiger charge is 2.07. The Balaban J connectivity index is 2.87. The number of hydrogen-bond acceptors (Lipinski definition) is 2. The summed E-state index contributed by atoms with van der Waals surface area (Å²) in [6, 6.07) is 7.05. The number of benzene rings is 1. The lowest BCUT2D eigenvalue weighted by atomic mass is 10.3. The van der Waals surface area contributed by atoms with Crippen molar-refractivity contribution in [2.45, 2.75) is 0 Å². The minimum Gasteiger partial charge on any atom is -0.283 e. The van der Waals surface area contributed by atoms with Crippen molar-refractivity contribution in [2.24, 2.45) is 0 Å². The molecule has 1 aromatic carbocycles. The van der Waals surface area contributed by atoms with E-state index in [1.54, 1.807) is 18.2 Å². The van der Waals surface area contributed by atoms with Gasteiger partial charge in [0.05, 0.1) is 0 Å². The van der Waals surface area contributed by atoms with E-state index in [9.17, 15) is 8.42 Å². The van der Waals surface area contributed by atoms with Gasteiger partial charge in [0, 0.05) is 9.26 Å². The summed E-state index contributed by atoms with van der Waals surface area (Å²) >= 11 is 7.33. The lowest BCUT2D eigenvalue weighted by Gasteiger charge is -2.04. The van der Waals surface area contributed by atoms with Crippen molar-refractivity contribution < 1.29 is 8.42 Å². The molecule has 3 nitrogen and oxygen atoms in total. The van der Waals surface area contributed by atoms with Gasteiger partial charge >= 0.3 is 0 Å². The van der Waals surface area contributed by atoms with Crippen LogP contribution < -0.4 is 4.72 Å². The molecule has 0 unspecified atom stereocenters. The van der Waals surface area contributed by atoms with E-state index in [2.05, 4.69) is 27.3 Å². The van der Waals surface area contributed by atoms with Crippen molar-refractivity contribution in [1.82, 2.24) is 0 Å². The van der Waals surface area contributed by atoms with Crippen LogP contribution in [-0.2, 0) is 10.0 Å². The van der Waals surface area contributed by atoms with Crippen molar-refractivity contribution in [3.05, 3.63) is 27.8 Å². The van der Waals surface area contributed by atoms with E-state index in [1.165, 1.54) is 0 Å². The molecule has 0 atom stereocenters. The van der Waals surface area contributed by atoms with Gasteiger partial charge in [0.2, 0.25) is 10.0 Å². The van der Waals surface area contributed by atoms with Crippen molar-refractivity contribution >= 4 is 49.9 Å². The lowest BCUT2D eigenvalue weighted by molar-refractivity contribution is 0.605. The third-order valence-electron chi connectivity index (χ3n) is 1.24. The molecule has 0 radical (unpaired) electrons. The average molecular weight is 332 g/mol. The van der Waals surface area contributed by atoms with E-state index in [4.69, 9.17) is 11.6 Å². The van der Waals surface area contributed by atoms with Crippen LogP contribution >= 0.6 is 34.2 Å². The summed E-state index contributed by atoms with van der Waals surface area (Å²) in [4.78, 5) is 0. The number of rotatable bonds is 3. The van der Waals surface area contributed by atoms with Gasteiger partial charge in [-0.25, -0.2) is 8.42 Å². The number of alkyl halides is 1. The van der Waals surface area contributed by atoms with Crippen LogP contribution in [0.5, 0.6) is 0 Å². The maximum Gasteiger partial charge on any atom is 0.246 e. The smallest absolute Gasteiger partial charge is 0.246 e. The Morgan fingerprint density at radius 2 is 2.15 bits per heavy atom. The van der Waals surface area contributed by atoms with E-state index in [-0.39, 0.29) is 0 Å². The highest BCUT2D eigenvalue weighted by atomic mass is 127. The predicted octanol–water partition coefficient (Wildman–Crippen LogP) is 2.23. The van der Waals surface area contributed by atoms with Crippen LogP contribution in [0.1, 0.15) is 0 Å². The summed E-state index contributed by atoms with van der Waals surface area (Å²) in [5, 5.41) is -0.432. The topological polar surface area (TPSA) is 46.2 Å². The third-order valence-corrected chi connectivity index (χ3v) is 3.61. The number of sulfonamides is 1. The molecule has 0 bridgehead atoms. The van der Waals surface area contributed by atoms with Gasteiger partial charge in [-0.05, 0) is 40.8 Å². The monoisotopic (exact) mass is 331 g/mol. The zero-order valence-electron chi connectivity index (χ0n) is 6.50. The minimum atomic E-state index is -3.38. The SMILES string of the molecule is O=S(=O)(CCl)Nc1cccc(I)c1. The maximum absolute atomic E-state index is 11.0. The van der Waals surface area contributed by atoms with Gasteiger partial charge in [-0.2, -0.15) is 0 Å². The van der Waals surface area contributed by atoms with Crippen molar-refractivity contribution in [3.63, 3.8) is 0 Å². The molecule has 0 fully saturated rings. The van der Waals surface area contributed by atoms with Crippen molar-refractivity contribution in [1.29, 1.82) is 0 Å². The van der Waals surface area contributed by atoms with Crippen LogP contribution in [-0.4, -0.2) is 13.6 Å². The molecular formula is C7H7ClINO2S. The summed E-state index contributed by atoms with van der Waals surface area (Å²) in [7, 11) is -3.38. The molecule has 0 aliphatic carbocycles. The predicted molar refractivity (Wildman–Crippen MR) is 62.4 cm³/mol. The number of nitrogens with one attached hydrogen (secondary N) is 1. The van der Waals surface area contributed by atoms with Crippen LogP contribution in [0.15, 0.2) is 24.3 Å². The molecule has 0 saturated heterocycles. The second kappa shape index (κ2) is 4.47. The molecule has 1 N–H and O–H groups in total. The summed E-state index contributed by atoms with van der Waals surface area (Å²) < 4.78 is 25.4. The van der Waals surface area contributed by atoms with Gasteiger partial charge in [0.1, 0.15) is 5.21 Å². The number of halogens is 2. The molecule has 1 rings (SSSR count). The second-order valence-corrected chi connectivity index (χ2v) is 5.89. The standard InChI is InChI=1S/C7H7ClINO2S/c8-5-13(11,12)10-7-3-1-2-6(9)4-7/h1-4,10H,5H2. The zero-order chi connectivity index (χ0) is 9.90. The van der Waals surface area contributed by atoms with Gasteiger partial charge in [-0.1, -0.05) is 6.07 Å². The maximum atomic E-state index is 11.0. The summed E-state index contributed by atoms with van der Waals surface area (Å²) in [6.07, 6.45) is 0. The Morgan fingerprint density at radius 1 is 1.46 bits per heavy atom. The molecule has 1 aromatic rings. The van der Waals surface area contributed by atoms with Crippen molar-refractivity contribution in [3.8, 4) is 0 Å². The van der Waals surface area contributed by atoms with Gasteiger partial charge in [0.15, 0.2) is 0 Å². The van der Waals surface area contributed by atoms with E-state index in [0.717, 1.165) is 3.57 Å². The van der Waals surface area contributed by atoms with Gasteiger partial charge in [-0.3, -0.25) is 4.72 Å². The molecule has 72 valence electrons. The second-order valence-electron chi connectivity index (χ2n) is 2.34. The Bertz CT molecular complexity index is 393. The molecule has 6 heteroatoms. The number of anilines is 1. The molecular weight excluding hydrogens is 325 g/mol. The van der Waals surface area contributed by atoms with E-state index >= 15 is 0 Å². The molecule has 0 saturated carbocycles. The van der Waals surface area contributed by atoms with Gasteiger partial charge < -0.3 is 0 Å². The molecule has 13 heavy (non-hydrogen) atoms. The Morgan fingerprint density at radius 3 is 2.69 bits per heavy atom. The fourth-order valence-electron chi connectivity index (χ4n) is 0.759. The molecule has 0 aliphatic heterocycles. The molecule has 0 aromatic heterocycles. The van der Waals surface area contributed by atoms with Crippen LogP contribution in [0.25, 0.3) is 0 Å². The van der Waals surface area contributed by atoms with Crippen molar-refractivity contribution in [2.75, 3.05) is 9.93 Å². The molecule has 0 heterocycles. The lowest BCUT2D eigenvalue weighted by Crippen LogP contribution is -2.13. The Kier molecular flexibility index (Phi) is 3.81. The summed E-state index contributed by atoms with van der Waals surface area (Å²) in [6.45, 7) is 0. The first-order chi connectivity index (χ1) is 6.03. The third kappa shape index (κ3) is 3.70. The molecule has 0 spiro atoms. The van der Waals surface area contributed by atoms with E-state index in [1.807, 2.05) is 6.07 Å². The first-order valence-electron chi connectivity index (χ1n) is 3.35. The molecule has 0 amide bonds. The highest BCUT2D eigenvalue weighted by molar-refractivity contribution is 14.1. The quantitative estimate of drug-likeness (QED) is 0.682. The van der Waals surface area contributed by atoms with Crippen LogP contribution in [0, 0.1) is 3.57 Å². The average Bonchev–Trinajstić information content (AvgIpc) is 2.03. The molecule has 0 aliphatic rings. The fourth-order valence-corrected chi connectivity index (χ4v) is 2.01. The summed E-state index contributed by atoms with van der Waals surface area (Å²) in [5.74, 6) is 0. The summed E-state index contributed by atoms with van der Waals surface area (Å²) in [5.41, 5.74) is 0.535. The normalized spacial score (nSPS) is 11.2. The van der Waals surface area contributed by atoms with E-state index in [0.29, 0.717) is 5.69 Å². The Labute approximate surface area is 95.7 Å². The number of hydrogen-bond donors (Lipinski definition) is 1. The first-order valence-corrected chi connectivity index (χ1v) is 6.62. The van der Waals surface area contributed by atoms with Gasteiger partial charge in [-0.15, -0.1) is 11.6 Å². The van der Waals surface area contributed by atoms with E-state index < -0.39 is 15.2 Å². The first kappa shape index (κ1) is 11.1. The fraction of sp³-hybridized carbons (Fsp3) is 0.143. The largest absolute Gasteiger partial charge is 0.283 e. The van der Waals surface area contributed by atoms with Crippen LogP contribution in [0.3, 0.4) is 0 Å². The van der Waals surface area contributed by atoms with Crippen LogP contribution in [0.2, 0.25) is 0 Å².